The second-order valence-electron chi connectivity index (χ2n) is 8.78. The number of likely N-dealkylation sites (tertiary alicyclic amines) is 1. The number of nitrogens with one attached hydrogen (secondary N) is 2. The number of hydrogen-bond donors (Lipinski definition) is 2. The van der Waals surface area contributed by atoms with Crippen LogP contribution in [0.15, 0.2) is 21.7 Å². The Morgan fingerprint density at radius 1 is 1.16 bits per heavy atom. The summed E-state index contributed by atoms with van der Waals surface area (Å²) in [6.45, 7) is 8.53. The van der Waals surface area contributed by atoms with E-state index < -0.39 is 0 Å². The number of amides is 2. The third-order valence-corrected chi connectivity index (χ3v) is 6.79. The van der Waals surface area contributed by atoms with Gasteiger partial charge in [-0.15, -0.1) is 24.0 Å². The summed E-state index contributed by atoms with van der Waals surface area (Å²) in [5, 5.41) is 10.6. The molecule has 2 N–H and O–H groups in total. The van der Waals surface area contributed by atoms with Crippen molar-refractivity contribution in [1.29, 1.82) is 0 Å². The van der Waals surface area contributed by atoms with Crippen molar-refractivity contribution >= 4 is 41.8 Å². The van der Waals surface area contributed by atoms with E-state index in [0.717, 1.165) is 49.8 Å². The number of imide groups is 1. The molecule has 0 radical (unpaired) electrons. The number of guanidine groups is 1. The number of rotatable bonds is 9. The zero-order chi connectivity index (χ0) is 22.0. The molecule has 176 valence electrons. The molecule has 1 aromatic heterocycles. The lowest BCUT2D eigenvalue weighted by atomic mass is 9.85. The monoisotopic (exact) mass is 555 g/mol. The van der Waals surface area contributed by atoms with Crippen LogP contribution < -0.4 is 10.6 Å². The summed E-state index contributed by atoms with van der Waals surface area (Å²) >= 11 is 0. The Morgan fingerprint density at radius 2 is 1.84 bits per heavy atom. The van der Waals surface area contributed by atoms with Crippen molar-refractivity contribution in [2.45, 2.75) is 46.5 Å². The van der Waals surface area contributed by atoms with Crippen LogP contribution in [0.4, 0.5) is 0 Å². The zero-order valence-electron chi connectivity index (χ0n) is 19.1. The van der Waals surface area contributed by atoms with Crippen LogP contribution in [0.1, 0.15) is 43.2 Å². The quantitative estimate of drug-likeness (QED) is 0.121. The van der Waals surface area contributed by atoms with Gasteiger partial charge in [-0.1, -0.05) is 17.3 Å². The molecule has 1 saturated carbocycles. The van der Waals surface area contributed by atoms with Crippen molar-refractivity contribution in [1.82, 2.24) is 20.7 Å². The number of carbonyl (C=O) groups is 2. The maximum absolute atomic E-state index is 12.7. The Kier molecular flexibility index (Phi) is 8.35. The Hall–Kier alpha value is -1.91. The molecule has 4 rings (SSSR count). The molecule has 4 unspecified atom stereocenters. The summed E-state index contributed by atoms with van der Waals surface area (Å²) in [5.41, 5.74) is 2.13. The van der Waals surface area contributed by atoms with Crippen LogP contribution in [0.5, 0.6) is 0 Å². The van der Waals surface area contributed by atoms with Gasteiger partial charge in [-0.05, 0) is 58.3 Å². The molecule has 1 aliphatic heterocycles. The molecule has 8 nitrogen and oxygen atoms in total. The maximum Gasteiger partial charge on any atom is 0.233 e. The predicted molar refractivity (Wildman–Crippen MR) is 133 cm³/mol. The van der Waals surface area contributed by atoms with Crippen LogP contribution in [0.2, 0.25) is 0 Å². The van der Waals surface area contributed by atoms with Gasteiger partial charge in [-0.25, -0.2) is 0 Å². The van der Waals surface area contributed by atoms with Crippen LogP contribution in [-0.2, 0) is 16.0 Å². The topological polar surface area (TPSA) is 99.8 Å². The zero-order valence-corrected chi connectivity index (χ0v) is 21.4. The van der Waals surface area contributed by atoms with Crippen molar-refractivity contribution in [2.75, 3.05) is 26.2 Å². The van der Waals surface area contributed by atoms with E-state index in [0.29, 0.717) is 19.5 Å². The van der Waals surface area contributed by atoms with Crippen molar-refractivity contribution in [3.63, 3.8) is 0 Å². The highest BCUT2D eigenvalue weighted by molar-refractivity contribution is 14.0. The average molecular weight is 555 g/mol. The van der Waals surface area contributed by atoms with Crippen molar-refractivity contribution in [2.24, 2.45) is 28.7 Å². The molecule has 0 spiro atoms. The number of fused-ring (bicyclic) bond motifs is 5. The third kappa shape index (κ3) is 4.87. The van der Waals surface area contributed by atoms with Crippen molar-refractivity contribution in [3.8, 4) is 0 Å². The number of halogens is 1. The first kappa shape index (κ1) is 24.7. The van der Waals surface area contributed by atoms with Crippen LogP contribution in [0.3, 0.4) is 0 Å². The summed E-state index contributed by atoms with van der Waals surface area (Å²) in [6.07, 6.45) is 7.76. The second-order valence-corrected chi connectivity index (χ2v) is 8.78. The van der Waals surface area contributed by atoms with E-state index in [9.17, 15) is 9.59 Å². The van der Waals surface area contributed by atoms with Crippen molar-refractivity contribution in [3.05, 3.63) is 29.2 Å². The molecule has 3 aliphatic rings. The third-order valence-electron chi connectivity index (χ3n) is 6.79. The molecular formula is C23H34IN5O3. The van der Waals surface area contributed by atoms with Gasteiger partial charge in [0.25, 0.3) is 0 Å². The molecule has 2 heterocycles. The Morgan fingerprint density at radius 3 is 2.44 bits per heavy atom. The minimum atomic E-state index is -0.109. The Labute approximate surface area is 206 Å². The first-order valence-electron chi connectivity index (χ1n) is 11.5. The molecule has 2 fully saturated rings. The summed E-state index contributed by atoms with van der Waals surface area (Å²) < 4.78 is 5.21. The number of nitrogens with zero attached hydrogens (tertiary/aromatic N) is 3. The first-order valence-corrected chi connectivity index (χ1v) is 11.5. The largest absolute Gasteiger partial charge is 0.361 e. The molecule has 9 heteroatoms. The summed E-state index contributed by atoms with van der Waals surface area (Å²) in [4.78, 5) is 31.6. The molecule has 1 saturated heterocycles. The van der Waals surface area contributed by atoms with Gasteiger partial charge >= 0.3 is 0 Å². The molecular weight excluding hydrogens is 521 g/mol. The smallest absolute Gasteiger partial charge is 0.233 e. The number of hydrogen-bond acceptors (Lipinski definition) is 5. The lowest BCUT2D eigenvalue weighted by Crippen LogP contribution is -2.38. The van der Waals surface area contributed by atoms with E-state index in [1.165, 1.54) is 10.5 Å². The van der Waals surface area contributed by atoms with Crippen LogP contribution >= 0.6 is 24.0 Å². The summed E-state index contributed by atoms with van der Waals surface area (Å²) in [5.74, 6) is 2.02. The molecule has 2 amide bonds. The van der Waals surface area contributed by atoms with E-state index in [4.69, 9.17) is 4.52 Å². The summed E-state index contributed by atoms with van der Waals surface area (Å²) in [6, 6.07) is 0. The maximum atomic E-state index is 12.7. The highest BCUT2D eigenvalue weighted by Crippen LogP contribution is 2.52. The van der Waals surface area contributed by atoms with Crippen LogP contribution in [-0.4, -0.2) is 54.0 Å². The lowest BCUT2D eigenvalue weighted by molar-refractivity contribution is -0.140. The van der Waals surface area contributed by atoms with Gasteiger partial charge in [-0.2, -0.15) is 0 Å². The number of aromatic nitrogens is 1. The van der Waals surface area contributed by atoms with Crippen LogP contribution in [0, 0.1) is 37.5 Å². The van der Waals surface area contributed by atoms with Gasteiger partial charge in [-0.3, -0.25) is 19.5 Å². The minimum Gasteiger partial charge on any atom is -0.361 e. The fourth-order valence-electron chi connectivity index (χ4n) is 5.28. The van der Waals surface area contributed by atoms with Crippen molar-refractivity contribution < 1.29 is 14.1 Å². The van der Waals surface area contributed by atoms with E-state index in [1.807, 2.05) is 20.8 Å². The SMILES string of the molecule is CCNC(=NCCCN1C(=O)C2C3C=CC(C3)C2C1=O)NCCCc1c(C)noc1C.I. The number of aryl methyl sites for hydroxylation is 2. The van der Waals surface area contributed by atoms with Gasteiger partial charge in [0.15, 0.2) is 5.96 Å². The van der Waals surface area contributed by atoms with Gasteiger partial charge < -0.3 is 15.2 Å². The van der Waals surface area contributed by atoms with Crippen LogP contribution in [0.25, 0.3) is 0 Å². The Balaban J connectivity index is 0.00000289. The minimum absolute atomic E-state index is 0. The Bertz CT molecular complexity index is 847. The van der Waals surface area contributed by atoms with E-state index in [-0.39, 0.29) is 59.5 Å². The van der Waals surface area contributed by atoms with E-state index >= 15 is 0 Å². The highest BCUT2D eigenvalue weighted by atomic mass is 127. The fourth-order valence-corrected chi connectivity index (χ4v) is 5.28. The van der Waals surface area contributed by atoms with E-state index in [1.54, 1.807) is 0 Å². The average Bonchev–Trinajstić information content (AvgIpc) is 3.50. The number of allylic oxidation sites excluding steroid dienone is 2. The summed E-state index contributed by atoms with van der Waals surface area (Å²) in [7, 11) is 0. The normalized spacial score (nSPS) is 26.0. The van der Waals surface area contributed by atoms with E-state index in [2.05, 4.69) is 32.9 Å². The standard InChI is InChI=1S/C23H33N5O3.HI/c1-4-24-23(25-10-5-7-18-14(2)27-31-15(18)3)26-11-6-12-28-21(29)19-16-8-9-17(13-16)20(19)22(28)30;/h8-9,16-17,19-20H,4-7,10-13H2,1-3H3,(H2,24,25,26);1H. The molecule has 0 aromatic carbocycles. The fraction of sp³-hybridized carbons (Fsp3) is 0.652. The first-order chi connectivity index (χ1) is 15.0. The predicted octanol–water partition coefficient (Wildman–Crippen LogP) is 2.59. The molecule has 2 aliphatic carbocycles. The van der Waals surface area contributed by atoms with Gasteiger partial charge in [0.05, 0.1) is 17.5 Å². The van der Waals surface area contributed by atoms with Gasteiger partial charge in [0.2, 0.25) is 11.8 Å². The molecule has 4 atom stereocenters. The molecule has 32 heavy (non-hydrogen) atoms. The molecule has 2 bridgehead atoms. The number of carbonyl (C=O) groups excluding carboxylic acids is 2. The molecule has 1 aromatic rings. The highest BCUT2D eigenvalue weighted by Gasteiger charge is 2.58. The lowest BCUT2D eigenvalue weighted by Gasteiger charge is -2.17. The van der Waals surface area contributed by atoms with Gasteiger partial charge in [0.1, 0.15) is 5.76 Å². The van der Waals surface area contributed by atoms with Gasteiger partial charge in [0, 0.05) is 31.7 Å². The second kappa shape index (κ2) is 10.8. The number of aliphatic imine (C=N–C) groups is 1.